The van der Waals surface area contributed by atoms with E-state index in [0.717, 1.165) is 6.54 Å². The fourth-order valence-corrected chi connectivity index (χ4v) is 3.75. The Balaban J connectivity index is 3.43. The Hall–Kier alpha value is 0.467. The molecule has 0 saturated heterocycles. The van der Waals surface area contributed by atoms with Crippen molar-refractivity contribution in [2.45, 2.75) is 32.9 Å². The number of hydrogen-bond donors (Lipinski definition) is 1. The van der Waals surface area contributed by atoms with E-state index >= 15 is 0 Å². The predicted octanol–water partition coefficient (Wildman–Crippen LogP) is 2.32. The summed E-state index contributed by atoms with van der Waals surface area (Å²) >= 11 is 6.16. The van der Waals surface area contributed by atoms with Crippen LogP contribution >= 0.6 is 11.1 Å². The minimum Gasteiger partial charge on any atom is -0.326 e. The average Bonchev–Trinajstić information content (AvgIpc) is 1.64. The van der Waals surface area contributed by atoms with E-state index in [1.165, 1.54) is 12.5 Å². The molecular formula is C6H16ClNSi. The lowest BCUT2D eigenvalue weighted by Gasteiger charge is -2.18. The molecule has 0 aromatic heterocycles. The molecule has 0 aliphatic heterocycles. The van der Waals surface area contributed by atoms with Crippen LogP contribution in [-0.2, 0) is 0 Å². The van der Waals surface area contributed by atoms with E-state index in [9.17, 15) is 0 Å². The number of nitrogens with one attached hydrogen (secondary N) is 1. The van der Waals surface area contributed by atoms with Gasteiger partial charge in [0.05, 0.1) is 0 Å². The summed E-state index contributed by atoms with van der Waals surface area (Å²) in [5.41, 5.74) is 0. The minimum absolute atomic E-state index is 1.01. The maximum Gasteiger partial charge on any atom is 0.223 e. The summed E-state index contributed by atoms with van der Waals surface area (Å²) < 4.78 is 0. The van der Waals surface area contributed by atoms with E-state index in [1.54, 1.807) is 0 Å². The first kappa shape index (κ1) is 9.47. The molecule has 1 unspecified atom stereocenters. The van der Waals surface area contributed by atoms with Gasteiger partial charge in [0.25, 0.3) is 0 Å². The summed E-state index contributed by atoms with van der Waals surface area (Å²) in [5, 5.41) is 0. The number of rotatable bonds is 4. The lowest BCUT2D eigenvalue weighted by atomic mass is 10.6. The molecule has 0 fully saturated rings. The van der Waals surface area contributed by atoms with Gasteiger partial charge in [-0.25, -0.2) is 0 Å². The van der Waals surface area contributed by atoms with Gasteiger partial charge in [0.15, 0.2) is 0 Å². The van der Waals surface area contributed by atoms with Gasteiger partial charge in [0, 0.05) is 0 Å². The van der Waals surface area contributed by atoms with Gasteiger partial charge >= 0.3 is 0 Å². The molecule has 56 valence electrons. The fraction of sp³-hybridized carbons (Fsp3) is 1.00. The van der Waals surface area contributed by atoms with Crippen molar-refractivity contribution in [3.63, 3.8) is 0 Å². The smallest absolute Gasteiger partial charge is 0.223 e. The van der Waals surface area contributed by atoms with E-state index in [2.05, 4.69) is 25.4 Å². The van der Waals surface area contributed by atoms with Gasteiger partial charge in [0.2, 0.25) is 7.55 Å². The molecule has 0 aromatic carbocycles. The van der Waals surface area contributed by atoms with Gasteiger partial charge in [-0.2, -0.15) is 0 Å². The highest BCUT2D eigenvalue weighted by molar-refractivity contribution is 7.18. The molecule has 0 radical (unpaired) electrons. The Labute approximate surface area is 63.6 Å². The zero-order valence-corrected chi connectivity index (χ0v) is 8.26. The second-order valence-electron chi connectivity index (χ2n) is 2.48. The highest BCUT2D eigenvalue weighted by Gasteiger charge is 2.20. The Kier molecular flexibility index (Phi) is 4.53. The van der Waals surface area contributed by atoms with Crippen molar-refractivity contribution in [3.8, 4) is 0 Å². The first-order valence-electron chi connectivity index (χ1n) is 3.56. The van der Waals surface area contributed by atoms with Gasteiger partial charge in [-0.3, -0.25) is 0 Å². The van der Waals surface area contributed by atoms with Crippen LogP contribution in [0.5, 0.6) is 0 Å². The van der Waals surface area contributed by atoms with Crippen molar-refractivity contribution in [3.05, 3.63) is 0 Å². The van der Waals surface area contributed by atoms with Crippen LogP contribution in [0.4, 0.5) is 0 Å². The van der Waals surface area contributed by atoms with Gasteiger partial charge in [-0.15, -0.1) is 11.1 Å². The minimum atomic E-state index is -1.48. The molecule has 0 aromatic rings. The van der Waals surface area contributed by atoms with Crippen LogP contribution in [0.1, 0.15) is 20.3 Å². The number of hydrogen-bond acceptors (Lipinski definition) is 1. The Morgan fingerprint density at radius 3 is 2.33 bits per heavy atom. The van der Waals surface area contributed by atoms with Crippen LogP contribution in [0.3, 0.4) is 0 Å². The third kappa shape index (κ3) is 4.94. The van der Waals surface area contributed by atoms with Gasteiger partial charge in [-0.05, 0) is 19.1 Å². The fourth-order valence-electron chi connectivity index (χ4n) is 0.926. The predicted molar refractivity (Wildman–Crippen MR) is 46.2 cm³/mol. The molecule has 0 saturated carbocycles. The monoisotopic (exact) mass is 165 g/mol. The van der Waals surface area contributed by atoms with Crippen molar-refractivity contribution in [2.75, 3.05) is 6.54 Å². The molecule has 9 heavy (non-hydrogen) atoms. The highest BCUT2D eigenvalue weighted by atomic mass is 35.6. The second-order valence-corrected chi connectivity index (χ2v) is 8.23. The van der Waals surface area contributed by atoms with Crippen LogP contribution in [-0.4, -0.2) is 14.1 Å². The first-order valence-corrected chi connectivity index (χ1v) is 7.28. The zero-order valence-electron chi connectivity index (χ0n) is 6.50. The zero-order chi connectivity index (χ0) is 7.33. The molecular weight excluding hydrogens is 150 g/mol. The molecule has 0 heterocycles. The topological polar surface area (TPSA) is 12.0 Å². The summed E-state index contributed by atoms with van der Waals surface area (Å²) in [6, 6.07) is 1.17. The van der Waals surface area contributed by atoms with E-state index in [4.69, 9.17) is 11.1 Å². The first-order chi connectivity index (χ1) is 4.12. The molecule has 0 aliphatic carbocycles. The molecule has 0 amide bonds. The lowest BCUT2D eigenvalue weighted by molar-refractivity contribution is 0.937. The molecule has 1 N–H and O–H groups in total. The van der Waals surface area contributed by atoms with Gasteiger partial charge in [0.1, 0.15) is 0 Å². The van der Waals surface area contributed by atoms with Crippen LogP contribution < -0.4 is 4.98 Å². The van der Waals surface area contributed by atoms with Crippen LogP contribution in [0, 0.1) is 0 Å². The molecule has 0 rings (SSSR count). The third-order valence-corrected chi connectivity index (χ3v) is 4.76. The molecule has 0 aliphatic rings. The van der Waals surface area contributed by atoms with Crippen molar-refractivity contribution in [1.29, 1.82) is 0 Å². The summed E-state index contributed by atoms with van der Waals surface area (Å²) in [6.07, 6.45) is 1.19. The molecule has 0 spiro atoms. The largest absolute Gasteiger partial charge is 0.326 e. The van der Waals surface area contributed by atoms with Crippen molar-refractivity contribution < 1.29 is 0 Å². The normalized spacial score (nSPS) is 17.3. The highest BCUT2D eigenvalue weighted by Crippen LogP contribution is 2.12. The van der Waals surface area contributed by atoms with Crippen LogP contribution in [0.15, 0.2) is 0 Å². The molecule has 1 nitrogen and oxygen atoms in total. The van der Waals surface area contributed by atoms with Crippen molar-refractivity contribution in [1.82, 2.24) is 4.98 Å². The van der Waals surface area contributed by atoms with E-state index in [0.29, 0.717) is 0 Å². The number of halogens is 1. The summed E-state index contributed by atoms with van der Waals surface area (Å²) in [4.78, 5) is 3.33. The Morgan fingerprint density at radius 2 is 2.00 bits per heavy atom. The van der Waals surface area contributed by atoms with Gasteiger partial charge < -0.3 is 4.98 Å². The standard InChI is InChI=1S/C6H16ClNSi/c1-4-6-9(3,7)8-5-2/h8H,4-6H2,1-3H3. The maximum absolute atomic E-state index is 6.16. The van der Waals surface area contributed by atoms with Crippen LogP contribution in [0.2, 0.25) is 12.6 Å². The molecule has 1 atom stereocenters. The van der Waals surface area contributed by atoms with Crippen LogP contribution in [0.25, 0.3) is 0 Å². The molecule has 3 heteroatoms. The van der Waals surface area contributed by atoms with E-state index < -0.39 is 7.55 Å². The Morgan fingerprint density at radius 1 is 1.44 bits per heavy atom. The summed E-state index contributed by atoms with van der Waals surface area (Å²) in [5.74, 6) is 0. The van der Waals surface area contributed by atoms with Crippen molar-refractivity contribution in [2.24, 2.45) is 0 Å². The lowest BCUT2D eigenvalue weighted by Crippen LogP contribution is -2.41. The maximum atomic E-state index is 6.16. The van der Waals surface area contributed by atoms with E-state index in [-0.39, 0.29) is 0 Å². The van der Waals surface area contributed by atoms with Gasteiger partial charge in [-0.1, -0.05) is 20.3 Å². The second kappa shape index (κ2) is 4.31. The van der Waals surface area contributed by atoms with E-state index in [1.807, 2.05) is 0 Å². The SMILES string of the molecule is CCC[Si](C)(Cl)NCC. The summed E-state index contributed by atoms with van der Waals surface area (Å²) in [6.45, 7) is 7.43. The molecule has 0 bridgehead atoms. The third-order valence-electron chi connectivity index (χ3n) is 1.26. The summed E-state index contributed by atoms with van der Waals surface area (Å²) in [7, 11) is -1.48. The van der Waals surface area contributed by atoms with Crippen molar-refractivity contribution >= 4 is 18.6 Å². The average molecular weight is 166 g/mol. The quantitative estimate of drug-likeness (QED) is 0.498. The Bertz CT molecular complexity index is 67.5.